The van der Waals surface area contributed by atoms with Gasteiger partial charge in [0, 0.05) is 19.0 Å². The van der Waals surface area contributed by atoms with Crippen LogP contribution in [0, 0.1) is 11.7 Å². The number of hydrogen-bond acceptors (Lipinski definition) is 3. The number of amides is 1. The Morgan fingerprint density at radius 2 is 2.10 bits per heavy atom. The fourth-order valence-electron chi connectivity index (χ4n) is 1.97. The lowest BCUT2D eigenvalue weighted by atomic mass is 10.0. The first-order chi connectivity index (χ1) is 9.76. The number of ether oxygens (including phenoxy) is 2. The van der Waals surface area contributed by atoms with Crippen molar-refractivity contribution in [3.63, 3.8) is 0 Å². The molecular formula is C15H19BrFNO3. The van der Waals surface area contributed by atoms with E-state index in [-0.39, 0.29) is 17.8 Å². The molecule has 1 saturated heterocycles. The molecule has 0 bridgehead atoms. The number of carbonyl (C=O) groups excluding carboxylic acids is 1. The summed E-state index contributed by atoms with van der Waals surface area (Å²) in [5.74, 6) is 0.0185. The van der Waals surface area contributed by atoms with Gasteiger partial charge in [0.05, 0.1) is 11.1 Å². The SMILES string of the molecule is CC(C)(C)OC(=O)N1CC(COc2c(F)cccc2Br)C1. The van der Waals surface area contributed by atoms with E-state index < -0.39 is 11.4 Å². The van der Waals surface area contributed by atoms with Gasteiger partial charge >= 0.3 is 6.09 Å². The summed E-state index contributed by atoms with van der Waals surface area (Å²) in [7, 11) is 0. The fourth-order valence-corrected chi connectivity index (χ4v) is 2.43. The minimum atomic E-state index is -0.489. The Morgan fingerprint density at radius 1 is 1.43 bits per heavy atom. The van der Waals surface area contributed by atoms with Crippen LogP contribution in [0.3, 0.4) is 0 Å². The Bertz CT molecular complexity index is 504. The van der Waals surface area contributed by atoms with E-state index in [0.29, 0.717) is 24.2 Å². The van der Waals surface area contributed by atoms with Gasteiger partial charge < -0.3 is 14.4 Å². The van der Waals surface area contributed by atoms with Gasteiger partial charge in [0.25, 0.3) is 0 Å². The normalized spacial score (nSPS) is 15.6. The molecule has 1 aromatic carbocycles. The summed E-state index contributed by atoms with van der Waals surface area (Å²) in [5, 5.41) is 0. The van der Waals surface area contributed by atoms with Crippen LogP contribution in [0.4, 0.5) is 9.18 Å². The molecule has 1 aliphatic heterocycles. The number of nitrogens with zero attached hydrogens (tertiary/aromatic N) is 1. The zero-order chi connectivity index (χ0) is 15.6. The van der Waals surface area contributed by atoms with E-state index in [1.807, 2.05) is 20.8 Å². The lowest BCUT2D eigenvalue weighted by Crippen LogP contribution is -2.53. The number of para-hydroxylation sites is 1. The molecule has 0 unspecified atom stereocenters. The van der Waals surface area contributed by atoms with Gasteiger partial charge in [-0.05, 0) is 48.8 Å². The van der Waals surface area contributed by atoms with Crippen LogP contribution in [0.1, 0.15) is 20.8 Å². The van der Waals surface area contributed by atoms with Crippen molar-refractivity contribution < 1.29 is 18.7 Å². The largest absolute Gasteiger partial charge is 0.489 e. The van der Waals surface area contributed by atoms with Crippen LogP contribution in [0.25, 0.3) is 0 Å². The van der Waals surface area contributed by atoms with Crippen LogP contribution in [0.2, 0.25) is 0 Å². The first kappa shape index (κ1) is 16.1. The molecular weight excluding hydrogens is 341 g/mol. The molecule has 6 heteroatoms. The fraction of sp³-hybridized carbons (Fsp3) is 0.533. The number of likely N-dealkylation sites (tertiary alicyclic amines) is 1. The number of rotatable bonds is 3. The third-order valence-corrected chi connectivity index (χ3v) is 3.62. The third-order valence-electron chi connectivity index (χ3n) is 2.99. The Hall–Kier alpha value is -1.30. The van der Waals surface area contributed by atoms with Crippen LogP contribution >= 0.6 is 15.9 Å². The van der Waals surface area contributed by atoms with E-state index in [1.54, 1.807) is 17.0 Å². The summed E-state index contributed by atoms with van der Waals surface area (Å²) < 4.78 is 24.9. The average molecular weight is 360 g/mol. The molecule has 0 saturated carbocycles. The standard InChI is InChI=1S/C15H19BrFNO3/c1-15(2,3)21-14(19)18-7-10(8-18)9-20-13-11(16)5-4-6-12(13)17/h4-6,10H,7-9H2,1-3H3. The highest BCUT2D eigenvalue weighted by molar-refractivity contribution is 9.10. The summed E-state index contributed by atoms with van der Waals surface area (Å²) in [6, 6.07) is 4.69. The van der Waals surface area contributed by atoms with Crippen molar-refractivity contribution in [3.05, 3.63) is 28.5 Å². The Morgan fingerprint density at radius 3 is 2.67 bits per heavy atom. The first-order valence-corrected chi connectivity index (χ1v) is 7.60. The molecule has 1 aliphatic rings. The Balaban J connectivity index is 1.77. The molecule has 0 spiro atoms. The molecule has 0 aromatic heterocycles. The number of benzene rings is 1. The minimum absolute atomic E-state index is 0.198. The van der Waals surface area contributed by atoms with Gasteiger partial charge in [-0.15, -0.1) is 0 Å². The molecule has 2 rings (SSSR count). The molecule has 1 fully saturated rings. The quantitative estimate of drug-likeness (QED) is 0.822. The Kier molecular flexibility index (Phi) is 4.76. The second kappa shape index (κ2) is 6.22. The maximum Gasteiger partial charge on any atom is 0.410 e. The van der Waals surface area contributed by atoms with E-state index in [4.69, 9.17) is 9.47 Å². The maximum absolute atomic E-state index is 13.6. The second-order valence-electron chi connectivity index (χ2n) is 6.11. The minimum Gasteiger partial charge on any atom is -0.489 e. The molecule has 0 radical (unpaired) electrons. The van der Waals surface area contributed by atoms with Gasteiger partial charge in [0.15, 0.2) is 11.6 Å². The lowest BCUT2D eigenvalue weighted by Gasteiger charge is -2.39. The van der Waals surface area contributed by atoms with E-state index in [0.717, 1.165) is 0 Å². The molecule has 0 N–H and O–H groups in total. The van der Waals surface area contributed by atoms with Crippen molar-refractivity contribution >= 4 is 22.0 Å². The van der Waals surface area contributed by atoms with Crippen molar-refractivity contribution in [1.29, 1.82) is 0 Å². The zero-order valence-electron chi connectivity index (χ0n) is 12.4. The zero-order valence-corrected chi connectivity index (χ0v) is 13.9. The molecule has 116 valence electrons. The summed E-state index contributed by atoms with van der Waals surface area (Å²) in [4.78, 5) is 13.4. The monoisotopic (exact) mass is 359 g/mol. The first-order valence-electron chi connectivity index (χ1n) is 6.81. The van der Waals surface area contributed by atoms with Gasteiger partial charge in [0.2, 0.25) is 0 Å². The van der Waals surface area contributed by atoms with Crippen LogP contribution in [0.15, 0.2) is 22.7 Å². The highest BCUT2D eigenvalue weighted by Gasteiger charge is 2.34. The number of halogens is 2. The molecule has 1 amide bonds. The van der Waals surface area contributed by atoms with Crippen molar-refractivity contribution in [2.75, 3.05) is 19.7 Å². The Labute approximate surface area is 132 Å². The average Bonchev–Trinajstić information content (AvgIpc) is 2.27. The second-order valence-corrected chi connectivity index (χ2v) is 6.97. The molecule has 0 atom stereocenters. The van der Waals surface area contributed by atoms with Crippen LogP contribution in [-0.4, -0.2) is 36.3 Å². The van der Waals surface area contributed by atoms with Gasteiger partial charge in [-0.1, -0.05) is 6.07 Å². The molecule has 21 heavy (non-hydrogen) atoms. The van der Waals surface area contributed by atoms with Crippen molar-refractivity contribution in [2.45, 2.75) is 26.4 Å². The number of carbonyl (C=O) groups is 1. The van der Waals surface area contributed by atoms with Crippen LogP contribution in [-0.2, 0) is 4.74 Å². The summed E-state index contributed by atoms with van der Waals surface area (Å²) in [5.41, 5.74) is -0.489. The summed E-state index contributed by atoms with van der Waals surface area (Å²) in [6.07, 6.45) is -0.314. The van der Waals surface area contributed by atoms with Crippen molar-refractivity contribution in [3.8, 4) is 5.75 Å². The van der Waals surface area contributed by atoms with E-state index in [9.17, 15) is 9.18 Å². The summed E-state index contributed by atoms with van der Waals surface area (Å²) in [6.45, 7) is 7.02. The summed E-state index contributed by atoms with van der Waals surface area (Å²) >= 11 is 3.26. The molecule has 0 aliphatic carbocycles. The van der Waals surface area contributed by atoms with E-state index in [2.05, 4.69) is 15.9 Å². The van der Waals surface area contributed by atoms with Gasteiger partial charge in [-0.2, -0.15) is 0 Å². The number of hydrogen-bond donors (Lipinski definition) is 0. The molecule has 1 heterocycles. The van der Waals surface area contributed by atoms with Gasteiger partial charge in [-0.3, -0.25) is 0 Å². The van der Waals surface area contributed by atoms with Crippen molar-refractivity contribution in [2.24, 2.45) is 5.92 Å². The molecule has 1 aromatic rings. The van der Waals surface area contributed by atoms with Gasteiger partial charge in [-0.25, -0.2) is 9.18 Å². The van der Waals surface area contributed by atoms with Crippen LogP contribution in [0.5, 0.6) is 5.75 Å². The van der Waals surface area contributed by atoms with E-state index >= 15 is 0 Å². The van der Waals surface area contributed by atoms with Crippen LogP contribution < -0.4 is 4.74 Å². The topological polar surface area (TPSA) is 38.8 Å². The maximum atomic E-state index is 13.6. The van der Waals surface area contributed by atoms with Crippen molar-refractivity contribution in [1.82, 2.24) is 4.90 Å². The predicted molar refractivity (Wildman–Crippen MR) is 80.9 cm³/mol. The highest BCUT2D eigenvalue weighted by Crippen LogP contribution is 2.29. The smallest absolute Gasteiger partial charge is 0.410 e. The highest BCUT2D eigenvalue weighted by atomic mass is 79.9. The van der Waals surface area contributed by atoms with E-state index in [1.165, 1.54) is 6.07 Å². The predicted octanol–water partition coefficient (Wildman–Crippen LogP) is 3.83. The lowest BCUT2D eigenvalue weighted by molar-refractivity contribution is -0.00809. The molecule has 4 nitrogen and oxygen atoms in total. The third kappa shape index (κ3) is 4.33. The van der Waals surface area contributed by atoms with Gasteiger partial charge in [0.1, 0.15) is 5.60 Å².